The topological polar surface area (TPSA) is 33.1 Å². The van der Waals surface area contributed by atoms with Crippen LogP contribution in [0.15, 0.2) is 47.1 Å². The van der Waals surface area contributed by atoms with Gasteiger partial charge in [0, 0.05) is 12.6 Å². The number of aliphatic hydroxyl groups excluding tert-OH is 1. The van der Waals surface area contributed by atoms with Crippen LogP contribution in [-0.2, 0) is 6.42 Å². The minimum atomic E-state index is -0.728. The van der Waals surface area contributed by atoms with Crippen molar-refractivity contribution in [3.05, 3.63) is 64.1 Å². The molecule has 2 nitrogen and oxygen atoms in total. The smallest absolute Gasteiger partial charge is 0.137 e. The average molecular weight is 296 g/mol. The summed E-state index contributed by atoms with van der Waals surface area (Å²) in [6.07, 6.45) is 1.23. The zero-order valence-electron chi connectivity index (χ0n) is 8.98. The lowest BCUT2D eigenvalue weighted by molar-refractivity contribution is 0.173. The predicted molar refractivity (Wildman–Crippen MR) is 67.0 cm³/mol. The van der Waals surface area contributed by atoms with Gasteiger partial charge in [-0.05, 0) is 39.7 Å². The van der Waals surface area contributed by atoms with Gasteiger partial charge in [-0.2, -0.15) is 0 Å². The second kappa shape index (κ2) is 5.38. The van der Waals surface area contributed by atoms with Gasteiger partial charge in [0.25, 0.3) is 0 Å². The molecular formula is C13H11BrFNO. The number of benzene rings is 1. The van der Waals surface area contributed by atoms with Crippen LogP contribution in [0, 0.1) is 5.82 Å². The van der Waals surface area contributed by atoms with Crippen LogP contribution in [0.25, 0.3) is 0 Å². The van der Waals surface area contributed by atoms with E-state index in [-0.39, 0.29) is 5.82 Å². The molecule has 4 heteroatoms. The largest absolute Gasteiger partial charge is 0.386 e. The van der Waals surface area contributed by atoms with E-state index in [4.69, 9.17) is 0 Å². The minimum absolute atomic E-state index is 0.323. The van der Waals surface area contributed by atoms with Gasteiger partial charge in [0.1, 0.15) is 5.82 Å². The molecule has 0 fully saturated rings. The van der Waals surface area contributed by atoms with Gasteiger partial charge in [-0.3, -0.25) is 4.98 Å². The first-order chi connectivity index (χ1) is 8.18. The van der Waals surface area contributed by atoms with Crippen LogP contribution in [0.1, 0.15) is 17.4 Å². The maximum atomic E-state index is 13.3. The number of halogens is 2. The highest BCUT2D eigenvalue weighted by atomic mass is 79.9. The van der Waals surface area contributed by atoms with E-state index in [1.165, 1.54) is 6.07 Å². The standard InChI is InChI=1S/C13H11BrFNO/c14-13-9(4-3-5-10(13)15)8-12(17)11-6-1-2-7-16-11/h1-7,12,17H,8H2. The van der Waals surface area contributed by atoms with Gasteiger partial charge in [0.2, 0.25) is 0 Å². The van der Waals surface area contributed by atoms with Crippen molar-refractivity contribution < 1.29 is 9.50 Å². The van der Waals surface area contributed by atoms with Crippen LogP contribution in [0.3, 0.4) is 0 Å². The molecule has 0 spiro atoms. The Hall–Kier alpha value is -1.26. The van der Waals surface area contributed by atoms with E-state index in [2.05, 4.69) is 20.9 Å². The van der Waals surface area contributed by atoms with E-state index in [0.29, 0.717) is 16.6 Å². The normalized spacial score (nSPS) is 12.4. The number of nitrogens with zero attached hydrogens (tertiary/aromatic N) is 1. The summed E-state index contributed by atoms with van der Waals surface area (Å²) >= 11 is 3.17. The Bertz CT molecular complexity index is 504. The molecule has 1 aromatic carbocycles. The molecule has 1 atom stereocenters. The van der Waals surface area contributed by atoms with Gasteiger partial charge in [-0.25, -0.2) is 4.39 Å². The zero-order valence-corrected chi connectivity index (χ0v) is 10.6. The molecule has 2 aromatic rings. The second-order valence-electron chi connectivity index (χ2n) is 3.69. The molecule has 88 valence electrons. The van der Waals surface area contributed by atoms with Gasteiger partial charge in [0.05, 0.1) is 16.3 Å². The summed E-state index contributed by atoms with van der Waals surface area (Å²) in [6, 6.07) is 10.1. The van der Waals surface area contributed by atoms with E-state index in [1.807, 2.05) is 6.07 Å². The number of aliphatic hydroxyl groups is 1. The molecule has 0 aliphatic carbocycles. The molecule has 2 rings (SSSR count). The molecule has 0 amide bonds. The van der Waals surface area contributed by atoms with Crippen molar-refractivity contribution in [3.8, 4) is 0 Å². The van der Waals surface area contributed by atoms with Crippen molar-refractivity contribution in [1.29, 1.82) is 0 Å². The van der Waals surface area contributed by atoms with Crippen molar-refractivity contribution in [2.45, 2.75) is 12.5 Å². The van der Waals surface area contributed by atoms with Gasteiger partial charge < -0.3 is 5.11 Å². The van der Waals surface area contributed by atoms with E-state index in [1.54, 1.807) is 30.5 Å². The fourth-order valence-corrected chi connectivity index (χ4v) is 2.02. The first-order valence-corrected chi connectivity index (χ1v) is 5.99. The van der Waals surface area contributed by atoms with Crippen molar-refractivity contribution in [1.82, 2.24) is 4.98 Å². The van der Waals surface area contributed by atoms with Crippen molar-refractivity contribution in [2.24, 2.45) is 0 Å². The highest BCUT2D eigenvalue weighted by Gasteiger charge is 2.13. The minimum Gasteiger partial charge on any atom is -0.386 e. The van der Waals surface area contributed by atoms with E-state index >= 15 is 0 Å². The summed E-state index contributed by atoms with van der Waals surface area (Å²) in [4.78, 5) is 4.07. The Labute approximate surface area is 107 Å². The number of pyridine rings is 1. The third kappa shape index (κ3) is 2.90. The molecule has 1 unspecified atom stereocenters. The monoisotopic (exact) mass is 295 g/mol. The Balaban J connectivity index is 2.19. The number of hydrogen-bond acceptors (Lipinski definition) is 2. The third-order valence-electron chi connectivity index (χ3n) is 2.47. The summed E-state index contributed by atoms with van der Waals surface area (Å²) in [5.74, 6) is -0.323. The molecule has 0 aliphatic rings. The molecule has 1 aromatic heterocycles. The zero-order chi connectivity index (χ0) is 12.3. The lowest BCUT2D eigenvalue weighted by atomic mass is 10.1. The van der Waals surface area contributed by atoms with Crippen LogP contribution in [-0.4, -0.2) is 10.1 Å². The summed E-state index contributed by atoms with van der Waals surface area (Å²) in [6.45, 7) is 0. The third-order valence-corrected chi connectivity index (χ3v) is 3.36. The Morgan fingerprint density at radius 1 is 1.24 bits per heavy atom. The Morgan fingerprint density at radius 2 is 2.06 bits per heavy atom. The van der Waals surface area contributed by atoms with Crippen LogP contribution in [0.2, 0.25) is 0 Å². The van der Waals surface area contributed by atoms with Crippen LogP contribution in [0.5, 0.6) is 0 Å². The maximum Gasteiger partial charge on any atom is 0.137 e. The van der Waals surface area contributed by atoms with Crippen molar-refractivity contribution >= 4 is 15.9 Å². The summed E-state index contributed by atoms with van der Waals surface area (Å²) in [5.41, 5.74) is 1.31. The molecule has 0 aliphatic heterocycles. The van der Waals surface area contributed by atoms with Gasteiger partial charge >= 0.3 is 0 Å². The highest BCUT2D eigenvalue weighted by molar-refractivity contribution is 9.10. The number of aromatic nitrogens is 1. The average Bonchev–Trinajstić information content (AvgIpc) is 2.36. The fourth-order valence-electron chi connectivity index (χ4n) is 1.59. The van der Waals surface area contributed by atoms with Gasteiger partial charge in [-0.1, -0.05) is 18.2 Å². The summed E-state index contributed by atoms with van der Waals surface area (Å²) < 4.78 is 13.7. The maximum absolute atomic E-state index is 13.3. The quantitative estimate of drug-likeness (QED) is 0.943. The molecule has 17 heavy (non-hydrogen) atoms. The van der Waals surface area contributed by atoms with Gasteiger partial charge in [-0.15, -0.1) is 0 Å². The molecule has 1 N–H and O–H groups in total. The molecule has 0 bridgehead atoms. The second-order valence-corrected chi connectivity index (χ2v) is 4.48. The highest BCUT2D eigenvalue weighted by Crippen LogP contribution is 2.25. The molecule has 0 saturated carbocycles. The van der Waals surface area contributed by atoms with Crippen LogP contribution >= 0.6 is 15.9 Å². The first kappa shape index (κ1) is 12.2. The van der Waals surface area contributed by atoms with Crippen LogP contribution in [0.4, 0.5) is 4.39 Å². The summed E-state index contributed by atoms with van der Waals surface area (Å²) in [7, 11) is 0. The van der Waals surface area contributed by atoms with E-state index in [9.17, 15) is 9.50 Å². The Morgan fingerprint density at radius 3 is 2.76 bits per heavy atom. The predicted octanol–water partition coefficient (Wildman–Crippen LogP) is 3.26. The van der Waals surface area contributed by atoms with Crippen molar-refractivity contribution in [3.63, 3.8) is 0 Å². The van der Waals surface area contributed by atoms with Gasteiger partial charge in [0.15, 0.2) is 0 Å². The van der Waals surface area contributed by atoms with Crippen LogP contribution < -0.4 is 0 Å². The summed E-state index contributed by atoms with van der Waals surface area (Å²) in [5, 5.41) is 9.98. The number of rotatable bonds is 3. The number of hydrogen-bond donors (Lipinski definition) is 1. The molecule has 1 heterocycles. The first-order valence-electron chi connectivity index (χ1n) is 5.20. The molecule has 0 saturated heterocycles. The fraction of sp³-hybridized carbons (Fsp3) is 0.154. The van der Waals surface area contributed by atoms with E-state index in [0.717, 1.165) is 5.56 Å². The SMILES string of the molecule is OC(Cc1cccc(F)c1Br)c1ccccn1. The lowest BCUT2D eigenvalue weighted by Crippen LogP contribution is -2.04. The molecule has 0 radical (unpaired) electrons. The van der Waals surface area contributed by atoms with Crippen molar-refractivity contribution in [2.75, 3.05) is 0 Å². The lowest BCUT2D eigenvalue weighted by Gasteiger charge is -2.11. The Kier molecular flexibility index (Phi) is 3.86. The van der Waals surface area contributed by atoms with E-state index < -0.39 is 6.10 Å². The molecular weight excluding hydrogens is 285 g/mol.